The molecule has 1 aliphatic rings. The molecule has 2 rings (SSSR count). The molecule has 100 valence electrons. The van der Waals surface area contributed by atoms with E-state index in [-0.39, 0.29) is 5.41 Å². The molecular formula is C14H24N4. The number of hydrogen-bond acceptors (Lipinski definition) is 4. The van der Waals surface area contributed by atoms with Gasteiger partial charge < -0.3 is 10.6 Å². The van der Waals surface area contributed by atoms with Crippen molar-refractivity contribution in [1.29, 1.82) is 0 Å². The quantitative estimate of drug-likeness (QED) is 0.863. The van der Waals surface area contributed by atoms with Crippen LogP contribution in [0.1, 0.15) is 46.9 Å². The molecule has 0 spiro atoms. The highest BCUT2D eigenvalue weighted by atomic mass is 15.1. The van der Waals surface area contributed by atoms with Gasteiger partial charge in [-0.3, -0.25) is 0 Å². The Balaban J connectivity index is 2.25. The predicted octanol–water partition coefficient (Wildman–Crippen LogP) is 3.03. The third-order valence-corrected chi connectivity index (χ3v) is 3.49. The normalized spacial score (nSPS) is 21.6. The van der Waals surface area contributed by atoms with Crippen molar-refractivity contribution in [3.8, 4) is 0 Å². The first kappa shape index (κ1) is 13.1. The molecule has 18 heavy (non-hydrogen) atoms. The van der Waals surface area contributed by atoms with Gasteiger partial charge in [-0.15, -0.1) is 0 Å². The topological polar surface area (TPSA) is 49.8 Å². The van der Waals surface area contributed by atoms with E-state index in [0.29, 0.717) is 11.5 Å². The zero-order chi connectivity index (χ0) is 13.6. The van der Waals surface area contributed by atoms with Crippen molar-refractivity contribution >= 4 is 11.6 Å². The van der Waals surface area contributed by atoms with Gasteiger partial charge in [0.05, 0.1) is 0 Å². The lowest BCUT2D eigenvalue weighted by atomic mass is 9.96. The molecule has 1 unspecified atom stereocenters. The molecule has 0 radical (unpaired) electrons. The molecule has 1 aromatic rings. The van der Waals surface area contributed by atoms with Gasteiger partial charge in [0.1, 0.15) is 17.5 Å². The lowest BCUT2D eigenvalue weighted by molar-refractivity contribution is 0.546. The van der Waals surface area contributed by atoms with Crippen LogP contribution in [0, 0.1) is 5.41 Å². The molecule has 1 aliphatic carbocycles. The molecule has 0 saturated heterocycles. The van der Waals surface area contributed by atoms with E-state index in [0.717, 1.165) is 17.5 Å². The summed E-state index contributed by atoms with van der Waals surface area (Å²) in [6.07, 6.45) is 1.21. The van der Waals surface area contributed by atoms with Gasteiger partial charge in [0.2, 0.25) is 0 Å². The molecular weight excluding hydrogens is 224 g/mol. The Hall–Kier alpha value is -1.32. The molecule has 1 saturated carbocycles. The lowest BCUT2D eigenvalue weighted by Crippen LogP contribution is -2.19. The van der Waals surface area contributed by atoms with Gasteiger partial charge in [-0.2, -0.15) is 0 Å². The fraction of sp³-hybridized carbons (Fsp3) is 0.714. The first-order valence-electron chi connectivity index (χ1n) is 6.56. The number of nitrogens with one attached hydrogen (secondary N) is 2. The van der Waals surface area contributed by atoms with Gasteiger partial charge >= 0.3 is 0 Å². The molecule has 0 aliphatic heterocycles. The van der Waals surface area contributed by atoms with E-state index in [1.807, 2.05) is 13.1 Å². The maximum absolute atomic E-state index is 4.64. The van der Waals surface area contributed by atoms with Gasteiger partial charge in [0, 0.05) is 24.6 Å². The Labute approximate surface area is 110 Å². The number of aromatic nitrogens is 2. The molecule has 0 aromatic carbocycles. The second-order valence-electron chi connectivity index (χ2n) is 6.85. The van der Waals surface area contributed by atoms with Gasteiger partial charge in [-0.25, -0.2) is 9.97 Å². The maximum atomic E-state index is 4.64. The molecule has 1 fully saturated rings. The summed E-state index contributed by atoms with van der Waals surface area (Å²) in [6, 6.07) is 2.51. The number of hydrogen-bond donors (Lipinski definition) is 2. The molecule has 4 heteroatoms. The van der Waals surface area contributed by atoms with Crippen molar-refractivity contribution in [2.75, 3.05) is 17.7 Å². The Morgan fingerprint density at radius 3 is 2.22 bits per heavy atom. The Bertz CT molecular complexity index is 446. The average molecular weight is 248 g/mol. The Kier molecular flexibility index (Phi) is 2.99. The maximum Gasteiger partial charge on any atom is 0.138 e. The third-order valence-electron chi connectivity index (χ3n) is 3.49. The fourth-order valence-electron chi connectivity index (χ4n) is 1.88. The summed E-state index contributed by atoms with van der Waals surface area (Å²) in [5.74, 6) is 2.67. The predicted molar refractivity (Wildman–Crippen MR) is 76.1 cm³/mol. The average Bonchev–Trinajstić information content (AvgIpc) is 2.84. The third kappa shape index (κ3) is 2.74. The number of rotatable bonds is 3. The van der Waals surface area contributed by atoms with Crippen molar-refractivity contribution in [3.05, 3.63) is 11.9 Å². The van der Waals surface area contributed by atoms with Crippen LogP contribution >= 0.6 is 0 Å². The summed E-state index contributed by atoms with van der Waals surface area (Å²) in [5.41, 5.74) is 0.356. The largest absolute Gasteiger partial charge is 0.373 e. The van der Waals surface area contributed by atoms with Crippen LogP contribution in [-0.2, 0) is 5.41 Å². The molecule has 4 nitrogen and oxygen atoms in total. The van der Waals surface area contributed by atoms with E-state index in [1.54, 1.807) is 0 Å². The van der Waals surface area contributed by atoms with E-state index < -0.39 is 0 Å². The van der Waals surface area contributed by atoms with E-state index in [4.69, 9.17) is 0 Å². The number of anilines is 2. The smallest absolute Gasteiger partial charge is 0.138 e. The molecule has 0 amide bonds. The van der Waals surface area contributed by atoms with Crippen molar-refractivity contribution < 1.29 is 0 Å². The highest BCUT2D eigenvalue weighted by molar-refractivity contribution is 5.49. The van der Waals surface area contributed by atoms with Crippen molar-refractivity contribution in [2.45, 2.75) is 52.5 Å². The van der Waals surface area contributed by atoms with Crippen LogP contribution in [0.15, 0.2) is 6.07 Å². The summed E-state index contributed by atoms with van der Waals surface area (Å²) in [4.78, 5) is 9.16. The summed E-state index contributed by atoms with van der Waals surface area (Å²) in [7, 11) is 1.89. The standard InChI is InChI=1S/C14H24N4/c1-13(2,3)12-17-10(15-6)7-11(18-12)16-9-8-14(9,4)5/h7,9H,8H2,1-6H3,(H2,15,16,17,18). The van der Waals surface area contributed by atoms with Crippen LogP contribution < -0.4 is 10.6 Å². The van der Waals surface area contributed by atoms with Gasteiger partial charge in [0.25, 0.3) is 0 Å². The minimum absolute atomic E-state index is 0.0393. The second kappa shape index (κ2) is 4.11. The van der Waals surface area contributed by atoms with Crippen molar-refractivity contribution in [2.24, 2.45) is 5.41 Å². The van der Waals surface area contributed by atoms with Crippen molar-refractivity contribution in [1.82, 2.24) is 9.97 Å². The SMILES string of the molecule is CNc1cc(NC2CC2(C)C)nc(C(C)(C)C)n1. The van der Waals surface area contributed by atoms with Crippen LogP contribution in [0.4, 0.5) is 11.6 Å². The first-order valence-corrected chi connectivity index (χ1v) is 6.56. The highest BCUT2D eigenvalue weighted by Crippen LogP contribution is 2.46. The molecule has 1 atom stereocenters. The monoisotopic (exact) mass is 248 g/mol. The Morgan fingerprint density at radius 2 is 1.78 bits per heavy atom. The van der Waals surface area contributed by atoms with Gasteiger partial charge in [-0.05, 0) is 11.8 Å². The fourth-order valence-corrected chi connectivity index (χ4v) is 1.88. The molecule has 1 heterocycles. The van der Waals surface area contributed by atoms with Gasteiger partial charge in [-0.1, -0.05) is 34.6 Å². The Morgan fingerprint density at radius 1 is 1.22 bits per heavy atom. The van der Waals surface area contributed by atoms with E-state index in [2.05, 4.69) is 55.2 Å². The first-order chi connectivity index (χ1) is 8.22. The van der Waals surface area contributed by atoms with Crippen LogP contribution in [-0.4, -0.2) is 23.1 Å². The number of nitrogens with zero attached hydrogens (tertiary/aromatic N) is 2. The molecule has 2 N–H and O–H groups in total. The summed E-state index contributed by atoms with van der Waals surface area (Å²) < 4.78 is 0. The van der Waals surface area contributed by atoms with Gasteiger partial charge in [0.15, 0.2) is 0 Å². The minimum Gasteiger partial charge on any atom is -0.373 e. The second-order valence-corrected chi connectivity index (χ2v) is 6.85. The zero-order valence-electron chi connectivity index (χ0n) is 12.3. The summed E-state index contributed by atoms with van der Waals surface area (Å²) in [6.45, 7) is 10.9. The van der Waals surface area contributed by atoms with Crippen LogP contribution in [0.5, 0.6) is 0 Å². The van der Waals surface area contributed by atoms with Crippen molar-refractivity contribution in [3.63, 3.8) is 0 Å². The molecule has 0 bridgehead atoms. The summed E-state index contributed by atoms with van der Waals surface area (Å²) in [5, 5.41) is 6.61. The minimum atomic E-state index is -0.0393. The van der Waals surface area contributed by atoms with E-state index in [9.17, 15) is 0 Å². The molecule has 1 aromatic heterocycles. The van der Waals surface area contributed by atoms with Crippen LogP contribution in [0.2, 0.25) is 0 Å². The highest BCUT2D eigenvalue weighted by Gasteiger charge is 2.45. The van der Waals surface area contributed by atoms with Crippen LogP contribution in [0.25, 0.3) is 0 Å². The van der Waals surface area contributed by atoms with Crippen LogP contribution in [0.3, 0.4) is 0 Å². The zero-order valence-corrected chi connectivity index (χ0v) is 12.3. The van der Waals surface area contributed by atoms with E-state index in [1.165, 1.54) is 6.42 Å². The lowest BCUT2D eigenvalue weighted by Gasteiger charge is -2.19. The van der Waals surface area contributed by atoms with E-state index >= 15 is 0 Å². The summed E-state index contributed by atoms with van der Waals surface area (Å²) >= 11 is 0.